The van der Waals surface area contributed by atoms with Crippen LogP contribution in [-0.4, -0.2) is 28.1 Å². The van der Waals surface area contributed by atoms with Crippen molar-refractivity contribution in [2.45, 2.75) is 12.7 Å². The highest BCUT2D eigenvalue weighted by molar-refractivity contribution is 6.08. The Morgan fingerprint density at radius 3 is 2.61 bits per heavy atom. The van der Waals surface area contributed by atoms with Crippen LogP contribution in [0.4, 0.5) is 19.0 Å². The lowest BCUT2D eigenvalue weighted by atomic mass is 10.1. The molecule has 9 heteroatoms. The summed E-state index contributed by atoms with van der Waals surface area (Å²) in [5, 5.41) is 3.25. The molecule has 18 heavy (non-hydrogen) atoms. The van der Waals surface area contributed by atoms with Crippen LogP contribution in [0, 0.1) is 5.92 Å². The Hall–Kier alpha value is -2.06. The standard InChI is InChI=1S/C9H9F3N4O2/c10-9(11,12)16-4-2-6(14-16)15-3-1-5(7(13)17)8(15)18/h2,4-5H,1,3H2,(H2,13,17). The van der Waals surface area contributed by atoms with Gasteiger partial charge in [-0.25, -0.2) is 0 Å². The summed E-state index contributed by atoms with van der Waals surface area (Å²) in [5.74, 6) is -2.52. The number of carbonyl (C=O) groups is 2. The number of alkyl halides is 3. The lowest BCUT2D eigenvalue weighted by Crippen LogP contribution is -2.33. The molecule has 2 amide bonds. The molecule has 0 spiro atoms. The quantitative estimate of drug-likeness (QED) is 0.773. The first kappa shape index (κ1) is 12.4. The van der Waals surface area contributed by atoms with E-state index in [1.165, 1.54) is 0 Å². The van der Waals surface area contributed by atoms with Crippen LogP contribution in [0.3, 0.4) is 0 Å². The van der Waals surface area contributed by atoms with Crippen molar-refractivity contribution in [1.29, 1.82) is 0 Å². The van der Waals surface area contributed by atoms with E-state index in [9.17, 15) is 22.8 Å². The van der Waals surface area contributed by atoms with Crippen LogP contribution < -0.4 is 10.6 Å². The van der Waals surface area contributed by atoms with Gasteiger partial charge in [-0.3, -0.25) is 14.5 Å². The largest absolute Gasteiger partial charge is 0.504 e. The average molecular weight is 262 g/mol. The number of carbonyl (C=O) groups excluding carboxylic acids is 2. The van der Waals surface area contributed by atoms with E-state index in [-0.39, 0.29) is 23.5 Å². The zero-order valence-electron chi connectivity index (χ0n) is 9.02. The van der Waals surface area contributed by atoms with Gasteiger partial charge in [0.25, 0.3) is 0 Å². The second-order valence-corrected chi connectivity index (χ2v) is 3.82. The van der Waals surface area contributed by atoms with Crippen molar-refractivity contribution in [3.05, 3.63) is 12.3 Å². The summed E-state index contributed by atoms with van der Waals surface area (Å²) < 4.78 is 36.7. The van der Waals surface area contributed by atoms with Crippen LogP contribution in [0.25, 0.3) is 0 Å². The average Bonchev–Trinajstić information content (AvgIpc) is 2.81. The van der Waals surface area contributed by atoms with Gasteiger partial charge in [-0.15, -0.1) is 18.3 Å². The van der Waals surface area contributed by atoms with E-state index >= 15 is 0 Å². The van der Waals surface area contributed by atoms with Crippen molar-refractivity contribution in [1.82, 2.24) is 9.78 Å². The predicted molar refractivity (Wildman–Crippen MR) is 53.2 cm³/mol. The number of hydrogen-bond donors (Lipinski definition) is 1. The number of amides is 2. The maximum atomic E-state index is 12.3. The molecule has 6 nitrogen and oxygen atoms in total. The second-order valence-electron chi connectivity index (χ2n) is 3.82. The molecule has 0 bridgehead atoms. The van der Waals surface area contributed by atoms with Crippen LogP contribution in [0.15, 0.2) is 12.3 Å². The third-order valence-corrected chi connectivity index (χ3v) is 2.66. The molecule has 1 unspecified atom stereocenters. The van der Waals surface area contributed by atoms with Crippen molar-refractivity contribution >= 4 is 17.6 Å². The van der Waals surface area contributed by atoms with Crippen molar-refractivity contribution in [2.24, 2.45) is 11.7 Å². The highest BCUT2D eigenvalue weighted by atomic mass is 19.4. The molecule has 0 aromatic carbocycles. The zero-order chi connectivity index (χ0) is 13.5. The first-order valence-corrected chi connectivity index (χ1v) is 5.04. The van der Waals surface area contributed by atoms with Gasteiger partial charge in [-0.2, -0.15) is 4.68 Å². The summed E-state index contributed by atoms with van der Waals surface area (Å²) in [6.07, 6.45) is -3.74. The van der Waals surface area contributed by atoms with Gasteiger partial charge in [0, 0.05) is 18.8 Å². The summed E-state index contributed by atoms with van der Waals surface area (Å²) >= 11 is 0. The Bertz CT molecular complexity index is 496. The Morgan fingerprint density at radius 2 is 2.17 bits per heavy atom. The molecule has 2 heterocycles. The highest BCUT2D eigenvalue weighted by Crippen LogP contribution is 2.27. The summed E-state index contributed by atoms with van der Waals surface area (Å²) in [5.41, 5.74) is 5.01. The molecule has 1 fully saturated rings. The van der Waals surface area contributed by atoms with Crippen LogP contribution in [0.5, 0.6) is 0 Å². The van der Waals surface area contributed by atoms with Gasteiger partial charge in [-0.05, 0) is 6.42 Å². The van der Waals surface area contributed by atoms with Crippen molar-refractivity contribution in [3.63, 3.8) is 0 Å². The minimum absolute atomic E-state index is 0.126. The number of halogens is 3. The maximum absolute atomic E-state index is 12.3. The molecule has 1 atom stereocenters. The van der Waals surface area contributed by atoms with Crippen molar-refractivity contribution < 1.29 is 22.8 Å². The summed E-state index contributed by atoms with van der Waals surface area (Å²) in [6.45, 7) is 0.126. The maximum Gasteiger partial charge on any atom is 0.504 e. The fourth-order valence-electron chi connectivity index (χ4n) is 1.77. The monoisotopic (exact) mass is 262 g/mol. The lowest BCUT2D eigenvalue weighted by molar-refractivity contribution is -0.212. The van der Waals surface area contributed by atoms with E-state index in [4.69, 9.17) is 5.73 Å². The molecule has 0 saturated carbocycles. The van der Waals surface area contributed by atoms with Gasteiger partial charge in [0.05, 0.1) is 0 Å². The van der Waals surface area contributed by atoms with Gasteiger partial charge >= 0.3 is 6.30 Å². The third-order valence-electron chi connectivity index (χ3n) is 2.66. The Labute approximate surface area is 99.1 Å². The SMILES string of the molecule is NC(=O)C1CCN(c2ccn(C(F)(F)F)n2)C1=O. The van der Waals surface area contributed by atoms with Crippen LogP contribution in [-0.2, 0) is 15.9 Å². The summed E-state index contributed by atoms with van der Waals surface area (Å²) in [7, 11) is 0. The summed E-state index contributed by atoms with van der Waals surface area (Å²) in [6, 6.07) is 1.06. The minimum Gasteiger partial charge on any atom is -0.369 e. The van der Waals surface area contributed by atoms with E-state index < -0.39 is 24.0 Å². The summed E-state index contributed by atoms with van der Waals surface area (Å²) in [4.78, 5) is 23.6. The predicted octanol–water partition coefficient (Wildman–Crippen LogP) is 0.198. The fraction of sp³-hybridized carbons (Fsp3) is 0.444. The number of nitrogens with zero attached hydrogens (tertiary/aromatic N) is 3. The Kier molecular flexibility index (Phi) is 2.76. The van der Waals surface area contributed by atoms with Gasteiger partial charge in [0.15, 0.2) is 5.82 Å². The fourth-order valence-corrected chi connectivity index (χ4v) is 1.77. The molecule has 0 radical (unpaired) electrons. The lowest BCUT2D eigenvalue weighted by Gasteiger charge is -2.12. The molecule has 0 aliphatic carbocycles. The smallest absolute Gasteiger partial charge is 0.369 e. The van der Waals surface area contributed by atoms with E-state index in [1.807, 2.05) is 0 Å². The highest BCUT2D eigenvalue weighted by Gasteiger charge is 2.38. The van der Waals surface area contributed by atoms with Crippen LogP contribution in [0.1, 0.15) is 6.42 Å². The second kappa shape index (κ2) is 4.00. The number of hydrogen-bond acceptors (Lipinski definition) is 3. The van der Waals surface area contributed by atoms with E-state index in [0.717, 1.165) is 11.0 Å². The third kappa shape index (κ3) is 2.03. The molecule has 1 aliphatic rings. The molecular formula is C9H9F3N4O2. The molecule has 1 aliphatic heterocycles. The number of aromatic nitrogens is 2. The normalized spacial score (nSPS) is 20.5. The molecular weight excluding hydrogens is 253 g/mol. The van der Waals surface area contributed by atoms with Crippen molar-refractivity contribution in [3.8, 4) is 0 Å². The van der Waals surface area contributed by atoms with Gasteiger partial charge in [-0.1, -0.05) is 0 Å². The molecule has 1 aromatic rings. The molecule has 1 saturated heterocycles. The van der Waals surface area contributed by atoms with Crippen LogP contribution in [0.2, 0.25) is 0 Å². The minimum atomic E-state index is -4.63. The topological polar surface area (TPSA) is 81.2 Å². The Morgan fingerprint density at radius 1 is 1.50 bits per heavy atom. The molecule has 98 valence electrons. The van der Waals surface area contributed by atoms with Gasteiger partial charge < -0.3 is 5.73 Å². The molecule has 2 rings (SSSR count). The molecule has 2 N–H and O–H groups in total. The van der Waals surface area contributed by atoms with E-state index in [0.29, 0.717) is 6.20 Å². The number of nitrogens with two attached hydrogens (primary N) is 1. The van der Waals surface area contributed by atoms with Crippen LogP contribution >= 0.6 is 0 Å². The number of rotatable bonds is 2. The molecule has 1 aromatic heterocycles. The van der Waals surface area contributed by atoms with Crippen molar-refractivity contribution in [2.75, 3.05) is 11.4 Å². The Balaban J connectivity index is 2.21. The first-order chi connectivity index (χ1) is 8.30. The van der Waals surface area contributed by atoms with Gasteiger partial charge in [0.1, 0.15) is 5.92 Å². The number of anilines is 1. The zero-order valence-corrected chi connectivity index (χ0v) is 9.02. The van der Waals surface area contributed by atoms with E-state index in [2.05, 4.69) is 5.10 Å². The first-order valence-electron chi connectivity index (χ1n) is 5.04. The number of primary amides is 1. The van der Waals surface area contributed by atoms with E-state index in [1.54, 1.807) is 0 Å². The van der Waals surface area contributed by atoms with Gasteiger partial charge in [0.2, 0.25) is 11.8 Å².